The Kier molecular flexibility index (Phi) is 5.25. The van der Waals surface area contributed by atoms with Crippen molar-refractivity contribution in [3.63, 3.8) is 0 Å². The van der Waals surface area contributed by atoms with Crippen LogP contribution in [0.25, 0.3) is 22.4 Å². The number of carbonyl (C=O) groups excluding carboxylic acids is 2. The molecule has 7 nitrogen and oxygen atoms in total. The lowest BCUT2D eigenvalue weighted by atomic mass is 10.0. The summed E-state index contributed by atoms with van der Waals surface area (Å²) in [5.74, 6) is -0.472. The Morgan fingerprint density at radius 2 is 1.74 bits per heavy atom. The van der Waals surface area contributed by atoms with Gasteiger partial charge in [-0.15, -0.1) is 0 Å². The van der Waals surface area contributed by atoms with Gasteiger partial charge in [0, 0.05) is 30.9 Å². The van der Waals surface area contributed by atoms with Crippen molar-refractivity contribution < 1.29 is 14.1 Å². The van der Waals surface area contributed by atoms with Crippen LogP contribution in [0, 0.1) is 13.8 Å². The molecule has 2 aromatic carbocycles. The van der Waals surface area contributed by atoms with Gasteiger partial charge in [0.1, 0.15) is 0 Å². The zero-order chi connectivity index (χ0) is 22.1. The van der Waals surface area contributed by atoms with Gasteiger partial charge in [0.25, 0.3) is 17.5 Å². The SMILES string of the molecule is Cc1ccc(-c2cc(C(=O)Nc3cccc(C(=O)N(C)C)c3)c3c(C)noc3n2)cc1. The first kappa shape index (κ1) is 20.3. The Bertz CT molecular complexity index is 1290. The number of carbonyl (C=O) groups is 2. The highest BCUT2D eigenvalue weighted by Crippen LogP contribution is 2.28. The minimum Gasteiger partial charge on any atom is -0.345 e. The highest BCUT2D eigenvalue weighted by Gasteiger charge is 2.20. The Balaban J connectivity index is 1.74. The summed E-state index contributed by atoms with van der Waals surface area (Å²) < 4.78 is 5.36. The fraction of sp³-hybridized carbons (Fsp3) is 0.167. The van der Waals surface area contributed by atoms with Gasteiger partial charge < -0.3 is 14.7 Å². The number of benzene rings is 2. The second-order valence-electron chi connectivity index (χ2n) is 7.60. The van der Waals surface area contributed by atoms with Gasteiger partial charge >= 0.3 is 0 Å². The van der Waals surface area contributed by atoms with E-state index in [1.807, 2.05) is 31.2 Å². The molecular formula is C24H22N4O3. The lowest BCUT2D eigenvalue weighted by molar-refractivity contribution is 0.0827. The number of aryl methyl sites for hydroxylation is 2. The molecule has 1 N–H and O–H groups in total. The predicted molar refractivity (Wildman–Crippen MR) is 119 cm³/mol. The third kappa shape index (κ3) is 4.02. The van der Waals surface area contributed by atoms with E-state index in [1.54, 1.807) is 51.4 Å². The smallest absolute Gasteiger partial charge is 0.259 e. The average Bonchev–Trinajstić information content (AvgIpc) is 3.14. The second-order valence-corrected chi connectivity index (χ2v) is 7.60. The van der Waals surface area contributed by atoms with Crippen LogP contribution in [0.2, 0.25) is 0 Å². The van der Waals surface area contributed by atoms with E-state index in [0.717, 1.165) is 11.1 Å². The molecule has 2 amide bonds. The van der Waals surface area contributed by atoms with Crippen LogP contribution in [-0.2, 0) is 0 Å². The van der Waals surface area contributed by atoms with Crippen molar-refractivity contribution in [2.24, 2.45) is 0 Å². The zero-order valence-electron chi connectivity index (χ0n) is 17.8. The van der Waals surface area contributed by atoms with Gasteiger partial charge in [-0.25, -0.2) is 4.98 Å². The molecule has 4 rings (SSSR count). The Labute approximate surface area is 179 Å². The molecule has 0 saturated heterocycles. The number of hydrogen-bond donors (Lipinski definition) is 1. The monoisotopic (exact) mass is 414 g/mol. The molecule has 0 saturated carbocycles. The van der Waals surface area contributed by atoms with E-state index in [-0.39, 0.29) is 11.8 Å². The summed E-state index contributed by atoms with van der Waals surface area (Å²) in [6.45, 7) is 3.78. The molecule has 2 aromatic heterocycles. The fourth-order valence-corrected chi connectivity index (χ4v) is 3.33. The first-order chi connectivity index (χ1) is 14.8. The number of rotatable bonds is 4. The van der Waals surface area contributed by atoms with Gasteiger partial charge in [0.2, 0.25) is 0 Å². The van der Waals surface area contributed by atoms with Gasteiger partial charge in [0.05, 0.1) is 22.3 Å². The van der Waals surface area contributed by atoms with E-state index in [0.29, 0.717) is 39.3 Å². The summed E-state index contributed by atoms with van der Waals surface area (Å²) in [7, 11) is 3.37. The number of aromatic nitrogens is 2. The number of anilines is 1. The topological polar surface area (TPSA) is 88.3 Å². The van der Waals surface area contributed by atoms with Crippen molar-refractivity contribution in [3.8, 4) is 11.3 Å². The molecule has 0 bridgehead atoms. The molecule has 0 aliphatic heterocycles. The van der Waals surface area contributed by atoms with E-state index in [4.69, 9.17) is 4.52 Å². The van der Waals surface area contributed by atoms with Crippen molar-refractivity contribution in [1.29, 1.82) is 0 Å². The van der Waals surface area contributed by atoms with Crippen LogP contribution in [0.1, 0.15) is 32.0 Å². The van der Waals surface area contributed by atoms with Crippen molar-refractivity contribution >= 4 is 28.6 Å². The minimum atomic E-state index is -0.332. The van der Waals surface area contributed by atoms with Crippen LogP contribution in [0.15, 0.2) is 59.1 Å². The molecule has 0 atom stereocenters. The molecule has 156 valence electrons. The molecule has 0 aliphatic rings. The average molecular weight is 414 g/mol. The second kappa shape index (κ2) is 8.02. The number of amides is 2. The quantitative estimate of drug-likeness (QED) is 0.533. The van der Waals surface area contributed by atoms with Gasteiger partial charge in [0.15, 0.2) is 0 Å². The van der Waals surface area contributed by atoms with Crippen molar-refractivity contribution in [3.05, 3.63) is 77.0 Å². The molecule has 4 aromatic rings. The molecule has 7 heteroatoms. The molecule has 0 unspecified atom stereocenters. The van der Waals surface area contributed by atoms with E-state index >= 15 is 0 Å². The molecule has 0 aliphatic carbocycles. The van der Waals surface area contributed by atoms with Crippen LogP contribution in [0.4, 0.5) is 5.69 Å². The predicted octanol–water partition coefficient (Wildman–Crippen LogP) is 4.46. The maximum Gasteiger partial charge on any atom is 0.259 e. The number of nitrogens with one attached hydrogen (secondary N) is 1. The highest BCUT2D eigenvalue weighted by molar-refractivity contribution is 6.13. The Morgan fingerprint density at radius 3 is 2.45 bits per heavy atom. The van der Waals surface area contributed by atoms with Crippen LogP contribution in [-0.4, -0.2) is 41.0 Å². The maximum atomic E-state index is 13.2. The summed E-state index contributed by atoms with van der Waals surface area (Å²) >= 11 is 0. The lowest BCUT2D eigenvalue weighted by Gasteiger charge is -2.12. The number of hydrogen-bond acceptors (Lipinski definition) is 5. The zero-order valence-corrected chi connectivity index (χ0v) is 17.8. The van der Waals surface area contributed by atoms with Crippen molar-refractivity contribution in [2.75, 3.05) is 19.4 Å². The Morgan fingerprint density at radius 1 is 1.00 bits per heavy atom. The minimum absolute atomic E-state index is 0.140. The van der Waals surface area contributed by atoms with E-state index in [9.17, 15) is 9.59 Å². The third-order valence-corrected chi connectivity index (χ3v) is 4.98. The van der Waals surface area contributed by atoms with Crippen LogP contribution in [0.3, 0.4) is 0 Å². The Hall–Kier alpha value is -4.00. The van der Waals surface area contributed by atoms with Gasteiger partial charge in [-0.05, 0) is 38.1 Å². The van der Waals surface area contributed by atoms with Crippen LogP contribution >= 0.6 is 0 Å². The number of nitrogens with zero attached hydrogens (tertiary/aromatic N) is 3. The lowest BCUT2D eigenvalue weighted by Crippen LogP contribution is -2.22. The van der Waals surface area contributed by atoms with Crippen LogP contribution < -0.4 is 5.32 Å². The first-order valence-electron chi connectivity index (χ1n) is 9.80. The fourth-order valence-electron chi connectivity index (χ4n) is 3.33. The standard InChI is InChI=1S/C24H22N4O3/c1-14-8-10-16(11-9-14)20-13-19(21-15(2)27-31-23(21)26-20)22(29)25-18-7-5-6-17(12-18)24(30)28(3)4/h5-13H,1-4H3,(H,25,29). The van der Waals surface area contributed by atoms with Gasteiger partial charge in [-0.2, -0.15) is 0 Å². The van der Waals surface area contributed by atoms with Gasteiger partial charge in [-0.1, -0.05) is 41.1 Å². The molecule has 31 heavy (non-hydrogen) atoms. The van der Waals surface area contributed by atoms with Crippen molar-refractivity contribution in [1.82, 2.24) is 15.0 Å². The normalized spacial score (nSPS) is 10.8. The van der Waals surface area contributed by atoms with E-state index in [2.05, 4.69) is 15.5 Å². The molecule has 0 radical (unpaired) electrons. The van der Waals surface area contributed by atoms with E-state index in [1.165, 1.54) is 4.90 Å². The summed E-state index contributed by atoms with van der Waals surface area (Å²) in [6, 6.07) is 16.4. The summed E-state index contributed by atoms with van der Waals surface area (Å²) in [4.78, 5) is 31.5. The number of fused-ring (bicyclic) bond motifs is 1. The summed E-state index contributed by atoms with van der Waals surface area (Å²) in [5, 5.41) is 7.43. The third-order valence-electron chi connectivity index (χ3n) is 4.98. The number of pyridine rings is 1. The molecule has 0 spiro atoms. The van der Waals surface area contributed by atoms with Gasteiger partial charge in [-0.3, -0.25) is 9.59 Å². The maximum absolute atomic E-state index is 13.2. The van der Waals surface area contributed by atoms with E-state index < -0.39 is 0 Å². The molecule has 2 heterocycles. The van der Waals surface area contributed by atoms with Crippen LogP contribution in [0.5, 0.6) is 0 Å². The highest BCUT2D eigenvalue weighted by atomic mass is 16.5. The summed E-state index contributed by atoms with van der Waals surface area (Å²) in [5.41, 5.74) is 4.92. The molecular weight excluding hydrogens is 392 g/mol. The van der Waals surface area contributed by atoms with Crippen molar-refractivity contribution in [2.45, 2.75) is 13.8 Å². The molecule has 0 fully saturated rings. The first-order valence-corrected chi connectivity index (χ1v) is 9.80. The summed E-state index contributed by atoms with van der Waals surface area (Å²) in [6.07, 6.45) is 0. The largest absolute Gasteiger partial charge is 0.345 e.